The second kappa shape index (κ2) is 5.53. The topological polar surface area (TPSA) is 42.2 Å². The third-order valence-corrected chi connectivity index (χ3v) is 3.85. The van der Waals surface area contributed by atoms with Crippen LogP contribution in [0.15, 0.2) is 24.3 Å². The number of rotatable bonds is 4. The molecule has 0 aliphatic heterocycles. The van der Waals surface area contributed by atoms with Crippen LogP contribution < -0.4 is 0 Å². The van der Waals surface area contributed by atoms with E-state index in [2.05, 4.69) is 43.5 Å². The number of aryl methyl sites for hydroxylation is 2. The van der Waals surface area contributed by atoms with Crippen LogP contribution in [0.5, 0.6) is 0 Å². The SMILES string of the molecule is CCCn1c(-c2ccc(C)c(C)c2)cc(C(=O)O)c1C. The highest BCUT2D eigenvalue weighted by Crippen LogP contribution is 2.28. The first kappa shape index (κ1) is 14.4. The van der Waals surface area contributed by atoms with Gasteiger partial charge in [-0.15, -0.1) is 0 Å². The molecule has 0 aliphatic rings. The van der Waals surface area contributed by atoms with Gasteiger partial charge in [0.05, 0.1) is 5.56 Å². The fourth-order valence-electron chi connectivity index (χ4n) is 2.51. The van der Waals surface area contributed by atoms with Crippen molar-refractivity contribution < 1.29 is 9.90 Å². The van der Waals surface area contributed by atoms with Gasteiger partial charge in [-0.2, -0.15) is 0 Å². The molecule has 0 saturated carbocycles. The summed E-state index contributed by atoms with van der Waals surface area (Å²) >= 11 is 0. The van der Waals surface area contributed by atoms with E-state index >= 15 is 0 Å². The molecule has 2 rings (SSSR count). The lowest BCUT2D eigenvalue weighted by Gasteiger charge is -2.12. The van der Waals surface area contributed by atoms with Crippen molar-refractivity contribution in [3.63, 3.8) is 0 Å². The Kier molecular flexibility index (Phi) is 3.98. The van der Waals surface area contributed by atoms with Crippen molar-refractivity contribution in [1.29, 1.82) is 0 Å². The van der Waals surface area contributed by atoms with Crippen molar-refractivity contribution in [1.82, 2.24) is 4.57 Å². The molecule has 0 unspecified atom stereocenters. The van der Waals surface area contributed by atoms with Crippen LogP contribution in [0.25, 0.3) is 11.3 Å². The van der Waals surface area contributed by atoms with Gasteiger partial charge in [-0.3, -0.25) is 0 Å². The Morgan fingerprint density at radius 1 is 1.15 bits per heavy atom. The highest BCUT2D eigenvalue weighted by Gasteiger charge is 2.17. The Labute approximate surface area is 119 Å². The largest absolute Gasteiger partial charge is 0.478 e. The lowest BCUT2D eigenvalue weighted by molar-refractivity contribution is 0.0696. The number of carboxylic acid groups (broad SMARTS) is 1. The van der Waals surface area contributed by atoms with Gasteiger partial charge in [-0.05, 0) is 56.0 Å². The van der Waals surface area contributed by atoms with Crippen molar-refractivity contribution in [3.8, 4) is 11.3 Å². The van der Waals surface area contributed by atoms with Gasteiger partial charge < -0.3 is 9.67 Å². The van der Waals surface area contributed by atoms with Gasteiger partial charge in [0.1, 0.15) is 0 Å². The molecule has 0 atom stereocenters. The Hall–Kier alpha value is -2.03. The molecule has 1 aromatic heterocycles. The van der Waals surface area contributed by atoms with Gasteiger partial charge in [-0.25, -0.2) is 4.79 Å². The molecule has 20 heavy (non-hydrogen) atoms. The van der Waals surface area contributed by atoms with Crippen LogP contribution in [0.3, 0.4) is 0 Å². The monoisotopic (exact) mass is 271 g/mol. The number of aromatic nitrogens is 1. The summed E-state index contributed by atoms with van der Waals surface area (Å²) < 4.78 is 2.10. The molecular weight excluding hydrogens is 250 g/mol. The number of carbonyl (C=O) groups is 1. The quantitative estimate of drug-likeness (QED) is 0.906. The molecule has 0 fully saturated rings. The zero-order valence-electron chi connectivity index (χ0n) is 12.5. The van der Waals surface area contributed by atoms with Gasteiger partial charge >= 0.3 is 5.97 Å². The van der Waals surface area contributed by atoms with E-state index in [1.165, 1.54) is 11.1 Å². The highest BCUT2D eigenvalue weighted by molar-refractivity contribution is 5.91. The molecule has 0 aliphatic carbocycles. The fourth-order valence-corrected chi connectivity index (χ4v) is 2.51. The minimum atomic E-state index is -0.859. The van der Waals surface area contributed by atoms with Crippen molar-refractivity contribution >= 4 is 5.97 Å². The van der Waals surface area contributed by atoms with Crippen molar-refractivity contribution in [2.24, 2.45) is 0 Å². The summed E-state index contributed by atoms with van der Waals surface area (Å²) in [5.41, 5.74) is 5.76. The van der Waals surface area contributed by atoms with E-state index < -0.39 is 5.97 Å². The minimum absolute atomic E-state index is 0.395. The van der Waals surface area contributed by atoms with Crippen LogP contribution in [0.2, 0.25) is 0 Å². The maximum Gasteiger partial charge on any atom is 0.337 e. The molecule has 1 N–H and O–H groups in total. The molecular formula is C17H21NO2. The molecule has 1 heterocycles. The maximum atomic E-state index is 11.3. The summed E-state index contributed by atoms with van der Waals surface area (Å²) in [6.07, 6.45) is 0.979. The first-order valence-electron chi connectivity index (χ1n) is 6.96. The third kappa shape index (κ3) is 2.48. The normalized spacial score (nSPS) is 10.8. The summed E-state index contributed by atoms with van der Waals surface area (Å²) in [6, 6.07) is 8.07. The van der Waals surface area contributed by atoms with E-state index in [1.807, 2.05) is 6.92 Å². The molecule has 0 saturated heterocycles. The van der Waals surface area contributed by atoms with Crippen LogP contribution in [0.1, 0.15) is 40.5 Å². The average molecular weight is 271 g/mol. The maximum absolute atomic E-state index is 11.3. The molecule has 3 nitrogen and oxygen atoms in total. The van der Waals surface area contributed by atoms with Crippen molar-refractivity contribution in [2.45, 2.75) is 40.7 Å². The van der Waals surface area contributed by atoms with Gasteiger partial charge in [0.15, 0.2) is 0 Å². The van der Waals surface area contributed by atoms with Gasteiger partial charge in [0.2, 0.25) is 0 Å². The number of carboxylic acids is 1. The van der Waals surface area contributed by atoms with Crippen LogP contribution >= 0.6 is 0 Å². The zero-order chi connectivity index (χ0) is 14.9. The number of nitrogens with zero attached hydrogens (tertiary/aromatic N) is 1. The Balaban J connectivity index is 2.62. The standard InChI is InChI=1S/C17H21NO2/c1-5-8-18-13(4)15(17(19)20)10-16(18)14-7-6-11(2)12(3)9-14/h6-7,9-10H,5,8H2,1-4H3,(H,19,20). The van der Waals surface area contributed by atoms with Gasteiger partial charge in [0.25, 0.3) is 0 Å². The second-order valence-electron chi connectivity index (χ2n) is 5.28. The summed E-state index contributed by atoms with van der Waals surface area (Å²) in [5.74, 6) is -0.859. The molecule has 1 aromatic carbocycles. The predicted molar refractivity (Wildman–Crippen MR) is 81.3 cm³/mol. The average Bonchev–Trinajstić information content (AvgIpc) is 2.72. The zero-order valence-corrected chi connectivity index (χ0v) is 12.5. The Bertz CT molecular complexity index is 653. The molecule has 0 radical (unpaired) electrons. The number of benzene rings is 1. The third-order valence-electron chi connectivity index (χ3n) is 3.85. The van der Waals surface area contributed by atoms with E-state index in [0.717, 1.165) is 29.9 Å². The fraction of sp³-hybridized carbons (Fsp3) is 0.353. The Morgan fingerprint density at radius 2 is 1.85 bits per heavy atom. The summed E-state index contributed by atoms with van der Waals surface area (Å²) in [7, 11) is 0. The first-order chi connectivity index (χ1) is 9.45. The summed E-state index contributed by atoms with van der Waals surface area (Å²) in [5, 5.41) is 9.30. The summed E-state index contributed by atoms with van der Waals surface area (Å²) in [6.45, 7) is 8.98. The van der Waals surface area contributed by atoms with Crippen molar-refractivity contribution in [2.75, 3.05) is 0 Å². The molecule has 106 valence electrons. The molecule has 0 bridgehead atoms. The number of hydrogen-bond acceptors (Lipinski definition) is 1. The van der Waals surface area contributed by atoms with Gasteiger partial charge in [-0.1, -0.05) is 19.1 Å². The first-order valence-corrected chi connectivity index (χ1v) is 6.96. The smallest absolute Gasteiger partial charge is 0.337 e. The van der Waals surface area contributed by atoms with Crippen LogP contribution in [-0.4, -0.2) is 15.6 Å². The summed E-state index contributed by atoms with van der Waals surface area (Å²) in [4.78, 5) is 11.3. The highest BCUT2D eigenvalue weighted by atomic mass is 16.4. The molecule has 2 aromatic rings. The Morgan fingerprint density at radius 3 is 2.40 bits per heavy atom. The van der Waals surface area contributed by atoms with E-state index in [9.17, 15) is 9.90 Å². The molecule has 0 spiro atoms. The second-order valence-corrected chi connectivity index (χ2v) is 5.28. The van der Waals surface area contributed by atoms with E-state index in [-0.39, 0.29) is 0 Å². The van der Waals surface area contributed by atoms with E-state index in [4.69, 9.17) is 0 Å². The lowest BCUT2D eigenvalue weighted by Crippen LogP contribution is -2.04. The molecule has 0 amide bonds. The van der Waals surface area contributed by atoms with Crippen molar-refractivity contribution in [3.05, 3.63) is 46.6 Å². The number of aromatic carboxylic acids is 1. The van der Waals surface area contributed by atoms with Gasteiger partial charge in [0, 0.05) is 17.9 Å². The molecule has 3 heteroatoms. The minimum Gasteiger partial charge on any atom is -0.478 e. The van der Waals surface area contributed by atoms with Crippen LogP contribution in [0, 0.1) is 20.8 Å². The van der Waals surface area contributed by atoms with Crippen LogP contribution in [0.4, 0.5) is 0 Å². The van der Waals surface area contributed by atoms with Crippen LogP contribution in [-0.2, 0) is 6.54 Å². The van der Waals surface area contributed by atoms with E-state index in [0.29, 0.717) is 5.56 Å². The predicted octanol–water partition coefficient (Wildman–Crippen LogP) is 4.19. The van der Waals surface area contributed by atoms with E-state index in [1.54, 1.807) is 6.07 Å². The lowest BCUT2D eigenvalue weighted by atomic mass is 10.0. The number of hydrogen-bond donors (Lipinski definition) is 1.